The molecule has 3 aromatic heterocycles. The molecule has 4 aromatic rings. The van der Waals surface area contributed by atoms with E-state index in [1.54, 1.807) is 12.4 Å². The van der Waals surface area contributed by atoms with Crippen molar-refractivity contribution in [1.82, 2.24) is 24.8 Å². The van der Waals surface area contributed by atoms with E-state index < -0.39 is 0 Å². The average Bonchev–Trinajstić information content (AvgIpc) is 2.85. The first kappa shape index (κ1) is 19.4. The van der Waals surface area contributed by atoms with Crippen LogP contribution < -0.4 is 5.32 Å². The number of urea groups is 1. The number of anilines is 1. The maximum absolute atomic E-state index is 12.6. The average molecular weight is 429 g/mol. The molecule has 0 radical (unpaired) electrons. The number of hydrogen-bond acceptors (Lipinski definition) is 6. The number of nitrogens with zero attached hydrogens (tertiary/aromatic N) is 5. The van der Waals surface area contributed by atoms with E-state index in [-0.39, 0.29) is 6.03 Å². The Kier molecular flexibility index (Phi) is 5.45. The molecule has 2 amide bonds. The lowest BCUT2D eigenvalue weighted by Gasteiger charge is -2.26. The van der Waals surface area contributed by atoms with Crippen molar-refractivity contribution < 1.29 is 4.79 Å². The second-order valence-corrected chi connectivity index (χ2v) is 8.31. The predicted molar refractivity (Wildman–Crippen MR) is 124 cm³/mol. The summed E-state index contributed by atoms with van der Waals surface area (Å²) < 4.78 is 0. The molecule has 0 atom stereocenters. The minimum atomic E-state index is -0.0809. The van der Waals surface area contributed by atoms with Crippen molar-refractivity contribution >= 4 is 34.5 Å². The molecule has 0 bridgehead atoms. The van der Waals surface area contributed by atoms with E-state index in [1.807, 2.05) is 71.3 Å². The molecule has 0 aliphatic carbocycles. The highest BCUT2D eigenvalue weighted by Crippen LogP contribution is 2.29. The number of hydrogen-bond donors (Lipinski definition) is 1. The van der Waals surface area contributed by atoms with Gasteiger partial charge in [-0.1, -0.05) is 12.1 Å². The lowest BCUT2D eigenvalue weighted by atomic mass is 10.1. The molecular formula is C23H20N6OS. The maximum Gasteiger partial charge on any atom is 0.321 e. The van der Waals surface area contributed by atoms with Gasteiger partial charge in [0.05, 0.1) is 22.4 Å². The number of carbonyl (C=O) groups is 1. The van der Waals surface area contributed by atoms with Crippen molar-refractivity contribution in [2.75, 3.05) is 29.9 Å². The Hall–Kier alpha value is -3.52. The van der Waals surface area contributed by atoms with E-state index in [0.29, 0.717) is 22.6 Å². The molecule has 1 N–H and O–H groups in total. The van der Waals surface area contributed by atoms with Gasteiger partial charge < -0.3 is 10.2 Å². The summed E-state index contributed by atoms with van der Waals surface area (Å²) in [5.41, 5.74) is 4.90. The summed E-state index contributed by atoms with van der Waals surface area (Å²) in [6.07, 6.45) is 3.47. The van der Waals surface area contributed by atoms with Crippen molar-refractivity contribution in [1.29, 1.82) is 0 Å². The van der Waals surface area contributed by atoms with Gasteiger partial charge in [-0.25, -0.2) is 14.8 Å². The molecule has 1 saturated heterocycles. The van der Waals surface area contributed by atoms with Gasteiger partial charge in [0, 0.05) is 42.7 Å². The van der Waals surface area contributed by atoms with Crippen molar-refractivity contribution in [2.45, 2.75) is 0 Å². The van der Waals surface area contributed by atoms with Crippen LogP contribution in [0.15, 0.2) is 67.0 Å². The molecule has 0 spiro atoms. The lowest BCUT2D eigenvalue weighted by molar-refractivity contribution is 0.217. The van der Waals surface area contributed by atoms with Crippen molar-refractivity contribution in [3.8, 4) is 22.8 Å². The molecule has 1 aliphatic heterocycles. The zero-order valence-electron chi connectivity index (χ0n) is 16.7. The minimum absolute atomic E-state index is 0.0809. The Morgan fingerprint density at radius 2 is 1.48 bits per heavy atom. The van der Waals surface area contributed by atoms with Crippen LogP contribution in [-0.2, 0) is 0 Å². The van der Waals surface area contributed by atoms with Crippen molar-refractivity contribution in [3.63, 3.8) is 0 Å². The van der Waals surface area contributed by atoms with Gasteiger partial charge in [-0.15, -0.1) is 0 Å². The number of aromatic nitrogens is 4. The van der Waals surface area contributed by atoms with Gasteiger partial charge in [-0.3, -0.25) is 9.97 Å². The molecule has 1 aromatic carbocycles. The fourth-order valence-electron chi connectivity index (χ4n) is 3.46. The molecule has 8 heteroatoms. The second kappa shape index (κ2) is 8.69. The molecular weight excluding hydrogens is 408 g/mol. The normalized spacial score (nSPS) is 13.9. The summed E-state index contributed by atoms with van der Waals surface area (Å²) >= 11 is 1.87. The molecule has 31 heavy (non-hydrogen) atoms. The first-order chi connectivity index (χ1) is 15.3. The fourth-order valence-corrected chi connectivity index (χ4v) is 4.37. The van der Waals surface area contributed by atoms with Crippen LogP contribution in [0.1, 0.15) is 0 Å². The van der Waals surface area contributed by atoms with Gasteiger partial charge >= 0.3 is 6.03 Å². The quantitative estimate of drug-likeness (QED) is 0.523. The van der Waals surface area contributed by atoms with Crippen LogP contribution in [-0.4, -0.2) is 55.5 Å². The fraction of sp³-hybridized carbons (Fsp3) is 0.174. The number of carbonyl (C=O) groups excluding carboxylic acids is 1. The number of pyridine rings is 2. The Morgan fingerprint density at radius 1 is 0.839 bits per heavy atom. The Labute approximate surface area is 184 Å². The highest BCUT2D eigenvalue weighted by atomic mass is 32.2. The van der Waals surface area contributed by atoms with Gasteiger partial charge in [0.2, 0.25) is 0 Å². The van der Waals surface area contributed by atoms with Gasteiger partial charge in [0.1, 0.15) is 11.4 Å². The molecule has 1 aliphatic rings. The SMILES string of the molecule is O=C(Nc1ccc2nc(-c3ccccn3)c(-c3ccccn3)nc2c1)N1CCSCC1. The number of thioether (sulfide) groups is 1. The van der Waals surface area contributed by atoms with E-state index in [9.17, 15) is 4.79 Å². The molecule has 4 heterocycles. The summed E-state index contributed by atoms with van der Waals surface area (Å²) in [6.45, 7) is 1.53. The van der Waals surface area contributed by atoms with E-state index in [1.165, 1.54) is 0 Å². The second-order valence-electron chi connectivity index (χ2n) is 7.08. The van der Waals surface area contributed by atoms with E-state index in [2.05, 4.69) is 15.3 Å². The van der Waals surface area contributed by atoms with Gasteiger partial charge in [0.25, 0.3) is 0 Å². The summed E-state index contributed by atoms with van der Waals surface area (Å²) in [5.74, 6) is 1.95. The predicted octanol–water partition coefficient (Wildman–Crippen LogP) is 4.33. The molecule has 1 fully saturated rings. The Balaban J connectivity index is 1.55. The van der Waals surface area contributed by atoms with Crippen LogP contribution in [0.4, 0.5) is 10.5 Å². The van der Waals surface area contributed by atoms with E-state index in [0.717, 1.165) is 41.5 Å². The van der Waals surface area contributed by atoms with Crippen LogP contribution in [0.5, 0.6) is 0 Å². The van der Waals surface area contributed by atoms with Crippen LogP contribution in [0.2, 0.25) is 0 Å². The van der Waals surface area contributed by atoms with Crippen LogP contribution >= 0.6 is 11.8 Å². The monoisotopic (exact) mass is 428 g/mol. The van der Waals surface area contributed by atoms with Crippen LogP contribution in [0.25, 0.3) is 33.8 Å². The summed E-state index contributed by atoms with van der Waals surface area (Å²) in [4.78, 5) is 33.1. The Bertz CT molecular complexity index is 1210. The zero-order valence-corrected chi connectivity index (χ0v) is 17.5. The maximum atomic E-state index is 12.6. The topological polar surface area (TPSA) is 83.9 Å². The molecule has 0 saturated carbocycles. The number of rotatable bonds is 3. The molecule has 7 nitrogen and oxygen atoms in total. The Morgan fingerprint density at radius 3 is 2.10 bits per heavy atom. The van der Waals surface area contributed by atoms with Crippen molar-refractivity contribution in [2.24, 2.45) is 0 Å². The third kappa shape index (κ3) is 4.20. The summed E-state index contributed by atoms with van der Waals surface area (Å²) in [7, 11) is 0. The minimum Gasteiger partial charge on any atom is -0.323 e. The number of benzene rings is 1. The van der Waals surface area contributed by atoms with Crippen molar-refractivity contribution in [3.05, 3.63) is 67.0 Å². The number of amides is 2. The smallest absolute Gasteiger partial charge is 0.321 e. The molecule has 154 valence electrons. The highest BCUT2D eigenvalue weighted by Gasteiger charge is 2.18. The first-order valence-electron chi connectivity index (χ1n) is 10.1. The van der Waals surface area contributed by atoms with Crippen LogP contribution in [0, 0.1) is 0 Å². The third-order valence-corrected chi connectivity index (χ3v) is 5.97. The standard InChI is InChI=1S/C23H20N6OS/c30-23(29-11-13-31-14-12-29)26-16-7-8-17-20(15-16)28-22(19-6-2-4-10-25-19)21(27-17)18-5-1-3-9-24-18/h1-10,15H,11-14H2,(H,26,30). The largest absolute Gasteiger partial charge is 0.323 e. The van der Waals surface area contributed by atoms with Gasteiger partial charge in [-0.05, 0) is 42.5 Å². The molecule has 5 rings (SSSR count). The van der Waals surface area contributed by atoms with Gasteiger partial charge in [0.15, 0.2) is 0 Å². The van der Waals surface area contributed by atoms with E-state index in [4.69, 9.17) is 9.97 Å². The molecule has 0 unspecified atom stereocenters. The number of fused-ring (bicyclic) bond motifs is 1. The lowest BCUT2D eigenvalue weighted by Crippen LogP contribution is -2.40. The highest BCUT2D eigenvalue weighted by molar-refractivity contribution is 7.99. The van der Waals surface area contributed by atoms with Crippen LogP contribution in [0.3, 0.4) is 0 Å². The first-order valence-corrected chi connectivity index (χ1v) is 11.2. The third-order valence-electron chi connectivity index (χ3n) is 5.03. The summed E-state index contributed by atoms with van der Waals surface area (Å²) in [6, 6.07) is 16.9. The van der Waals surface area contributed by atoms with E-state index >= 15 is 0 Å². The summed E-state index contributed by atoms with van der Waals surface area (Å²) in [5, 5.41) is 2.99. The van der Waals surface area contributed by atoms with Gasteiger partial charge in [-0.2, -0.15) is 11.8 Å². The zero-order chi connectivity index (χ0) is 21.0. The number of nitrogens with one attached hydrogen (secondary N) is 1.